The van der Waals surface area contributed by atoms with Gasteiger partial charge in [0, 0.05) is 22.0 Å². The van der Waals surface area contributed by atoms with E-state index in [0.717, 1.165) is 22.8 Å². The van der Waals surface area contributed by atoms with Crippen molar-refractivity contribution in [2.75, 3.05) is 12.0 Å². The van der Waals surface area contributed by atoms with E-state index in [-0.39, 0.29) is 23.4 Å². The van der Waals surface area contributed by atoms with E-state index in [1.54, 1.807) is 39.0 Å². The van der Waals surface area contributed by atoms with Crippen LogP contribution in [0.15, 0.2) is 89.4 Å². The molecule has 1 heterocycles. The Hall–Kier alpha value is -4.25. The van der Waals surface area contributed by atoms with E-state index in [0.29, 0.717) is 15.1 Å². The van der Waals surface area contributed by atoms with Gasteiger partial charge >= 0.3 is 12.1 Å². The van der Waals surface area contributed by atoms with Gasteiger partial charge in [-0.3, -0.25) is 14.9 Å². The predicted molar refractivity (Wildman–Crippen MR) is 177 cm³/mol. The number of imide groups is 1. The molecule has 9 nitrogen and oxygen atoms in total. The lowest BCUT2D eigenvalue weighted by molar-refractivity contribution is -0.192. The Morgan fingerprint density at radius 1 is 0.935 bits per heavy atom. The molecule has 4 aromatic rings. The Kier molecular flexibility index (Phi) is 9.01. The van der Waals surface area contributed by atoms with Crippen LogP contribution in [-0.4, -0.2) is 36.6 Å². The van der Waals surface area contributed by atoms with Gasteiger partial charge in [-0.2, -0.15) is 0 Å². The number of alkyl carbamates (subject to hydrolysis) is 1. The molecule has 0 fully saturated rings. The van der Waals surface area contributed by atoms with E-state index in [1.165, 1.54) is 31.2 Å². The number of carbonyl (C=O) groups excluding carboxylic acids is 4. The number of methoxy groups -OCH3 is 1. The summed E-state index contributed by atoms with van der Waals surface area (Å²) in [4.78, 5) is 57.2. The summed E-state index contributed by atoms with van der Waals surface area (Å²) in [7, 11) is 1.15. The van der Waals surface area contributed by atoms with E-state index in [9.17, 15) is 19.2 Å². The maximum absolute atomic E-state index is 14.9. The smallest absolute Gasteiger partial charge is 0.408 e. The third kappa shape index (κ3) is 5.77. The van der Waals surface area contributed by atoms with Crippen molar-refractivity contribution in [2.24, 2.45) is 0 Å². The quantitative estimate of drug-likeness (QED) is 0.203. The fraction of sp³-hybridized carbons (Fsp3) is 0.257. The highest BCUT2D eigenvalue weighted by Crippen LogP contribution is 2.54. The van der Waals surface area contributed by atoms with Gasteiger partial charge in [0.25, 0.3) is 5.91 Å². The molecule has 0 bridgehead atoms. The van der Waals surface area contributed by atoms with Gasteiger partial charge in [-0.1, -0.05) is 76.1 Å². The number of hydrogen-bond acceptors (Lipinski definition) is 7. The Bertz CT molecular complexity index is 1860. The molecule has 0 unspecified atom stereocenters. The van der Waals surface area contributed by atoms with Crippen LogP contribution in [0.2, 0.25) is 5.02 Å². The van der Waals surface area contributed by atoms with Crippen molar-refractivity contribution in [1.82, 2.24) is 5.32 Å². The number of carbonyl (C=O) groups is 4. The second-order valence-corrected chi connectivity index (χ2v) is 13.2. The molecular weight excluding hydrogens is 676 g/mol. The first-order valence-corrected chi connectivity index (χ1v) is 15.5. The molecule has 0 saturated carbocycles. The van der Waals surface area contributed by atoms with E-state index in [2.05, 4.69) is 21.2 Å². The summed E-state index contributed by atoms with van der Waals surface area (Å²) in [6.07, 6.45) is -1.03. The Labute approximate surface area is 279 Å². The van der Waals surface area contributed by atoms with Crippen LogP contribution in [0, 0.1) is 0 Å². The molecule has 5 rings (SSSR count). The molecule has 238 valence electrons. The summed E-state index contributed by atoms with van der Waals surface area (Å²) in [5.41, 5.74) is -4.79. The highest BCUT2D eigenvalue weighted by atomic mass is 79.9. The molecule has 0 spiro atoms. The van der Waals surface area contributed by atoms with Crippen LogP contribution < -0.4 is 10.2 Å². The SMILES string of the molecule is COC(=O)[C@@](OCc1ccc2ccccc2c1)(c1ccc(Cl)cc1)[C@]1(NC(=O)OC(C)(C)C)C(=O)N(C(C)=O)c2ccc(Br)cc21. The van der Waals surface area contributed by atoms with Gasteiger partial charge in [-0.25, -0.2) is 14.5 Å². The zero-order valence-electron chi connectivity index (χ0n) is 25.9. The first-order chi connectivity index (χ1) is 21.7. The maximum atomic E-state index is 14.9. The van der Waals surface area contributed by atoms with Crippen molar-refractivity contribution in [3.05, 3.63) is 111 Å². The van der Waals surface area contributed by atoms with Crippen molar-refractivity contribution in [2.45, 2.75) is 51.0 Å². The monoisotopic (exact) mass is 706 g/mol. The molecule has 0 aromatic heterocycles. The summed E-state index contributed by atoms with van der Waals surface area (Å²) in [5, 5.41) is 4.98. The average Bonchev–Trinajstić information content (AvgIpc) is 3.24. The van der Waals surface area contributed by atoms with Crippen LogP contribution in [0.3, 0.4) is 0 Å². The molecule has 2 atom stereocenters. The highest BCUT2D eigenvalue weighted by molar-refractivity contribution is 9.10. The number of rotatable bonds is 7. The van der Waals surface area contributed by atoms with Crippen molar-refractivity contribution >= 4 is 67.9 Å². The first-order valence-electron chi connectivity index (χ1n) is 14.4. The van der Waals surface area contributed by atoms with Crippen LogP contribution in [-0.2, 0) is 46.3 Å². The molecule has 1 aliphatic heterocycles. The topological polar surface area (TPSA) is 111 Å². The minimum atomic E-state index is -2.42. The molecule has 1 N–H and O–H groups in total. The van der Waals surface area contributed by atoms with Crippen molar-refractivity contribution < 1.29 is 33.4 Å². The molecule has 0 saturated heterocycles. The number of esters is 1. The van der Waals surface area contributed by atoms with Crippen molar-refractivity contribution in [3.8, 4) is 0 Å². The summed E-state index contributed by atoms with van der Waals surface area (Å²) in [6.45, 7) is 5.98. The number of nitrogens with one attached hydrogen (secondary N) is 1. The molecule has 1 aliphatic rings. The van der Waals surface area contributed by atoms with Crippen LogP contribution in [0.4, 0.5) is 10.5 Å². The summed E-state index contributed by atoms with van der Waals surface area (Å²) in [5.74, 6) is -2.61. The number of hydrogen-bond donors (Lipinski definition) is 1. The van der Waals surface area contributed by atoms with Crippen LogP contribution in [0.25, 0.3) is 10.8 Å². The second-order valence-electron chi connectivity index (χ2n) is 11.8. The summed E-state index contributed by atoms with van der Waals surface area (Å²) in [6, 6.07) is 24.2. The predicted octanol–water partition coefficient (Wildman–Crippen LogP) is 7.15. The largest absolute Gasteiger partial charge is 0.467 e. The van der Waals surface area contributed by atoms with Gasteiger partial charge in [0.05, 0.1) is 19.4 Å². The van der Waals surface area contributed by atoms with E-state index in [4.69, 9.17) is 25.8 Å². The molecule has 11 heteroatoms. The van der Waals surface area contributed by atoms with E-state index in [1.807, 2.05) is 42.5 Å². The third-order valence-corrected chi connectivity index (χ3v) is 8.40. The van der Waals surface area contributed by atoms with Crippen molar-refractivity contribution in [3.63, 3.8) is 0 Å². The second kappa shape index (κ2) is 12.5. The number of amides is 3. The third-order valence-electron chi connectivity index (χ3n) is 7.65. The van der Waals surface area contributed by atoms with Gasteiger partial charge in [-0.05, 0) is 79.1 Å². The Balaban J connectivity index is 1.85. The summed E-state index contributed by atoms with van der Waals surface area (Å²) >= 11 is 9.74. The molecule has 3 amide bonds. The lowest BCUT2D eigenvalue weighted by atomic mass is 9.70. The number of nitrogens with zero attached hydrogens (tertiary/aromatic N) is 1. The zero-order valence-corrected chi connectivity index (χ0v) is 28.2. The van der Waals surface area contributed by atoms with E-state index < -0.39 is 40.6 Å². The average molecular weight is 708 g/mol. The minimum absolute atomic E-state index is 0.104. The Morgan fingerprint density at radius 2 is 1.61 bits per heavy atom. The molecule has 46 heavy (non-hydrogen) atoms. The fourth-order valence-electron chi connectivity index (χ4n) is 5.80. The Morgan fingerprint density at radius 3 is 2.24 bits per heavy atom. The number of anilines is 1. The van der Waals surface area contributed by atoms with Gasteiger partial charge in [-0.15, -0.1) is 0 Å². The van der Waals surface area contributed by atoms with E-state index >= 15 is 0 Å². The normalized spacial score (nSPS) is 17.3. The molecule has 0 radical (unpaired) electrons. The first kappa shape index (κ1) is 33.1. The van der Waals surface area contributed by atoms with Gasteiger partial charge < -0.3 is 14.2 Å². The number of ether oxygens (including phenoxy) is 3. The van der Waals surface area contributed by atoms with Crippen molar-refractivity contribution in [1.29, 1.82) is 0 Å². The minimum Gasteiger partial charge on any atom is -0.467 e. The van der Waals surface area contributed by atoms with Gasteiger partial charge in [0.1, 0.15) is 5.60 Å². The number of fused-ring (bicyclic) bond motifs is 2. The molecular formula is C35H32BrClN2O7. The molecule has 4 aromatic carbocycles. The van der Waals surface area contributed by atoms with Crippen LogP contribution in [0.1, 0.15) is 44.4 Å². The maximum Gasteiger partial charge on any atom is 0.408 e. The van der Waals surface area contributed by atoms with Crippen LogP contribution in [0.5, 0.6) is 0 Å². The lowest BCUT2D eigenvalue weighted by Gasteiger charge is -2.45. The van der Waals surface area contributed by atoms with Gasteiger partial charge in [0.2, 0.25) is 11.5 Å². The lowest BCUT2D eigenvalue weighted by Crippen LogP contribution is -2.69. The van der Waals surface area contributed by atoms with Gasteiger partial charge in [0.15, 0.2) is 5.54 Å². The van der Waals surface area contributed by atoms with Crippen LogP contribution >= 0.6 is 27.5 Å². The zero-order chi connectivity index (χ0) is 33.4. The highest BCUT2D eigenvalue weighted by Gasteiger charge is 2.71. The summed E-state index contributed by atoms with van der Waals surface area (Å²) < 4.78 is 18.3. The molecule has 0 aliphatic carbocycles. The standard InChI is InChI=1S/C35H32BrClN2O7/c1-21(40)39-29-17-14-26(36)19-28(29)34(30(39)41,38-32(43)46-33(2,3)4)35(31(42)44-5,25-12-15-27(37)16-13-25)45-20-22-10-11-23-8-6-7-9-24(23)18-22/h6-19H,20H2,1-5H3,(H,38,43)/t34-,35+/m1/s1. The number of halogens is 2. The number of benzene rings is 4. The fourth-order valence-corrected chi connectivity index (χ4v) is 6.29.